The van der Waals surface area contributed by atoms with Crippen molar-refractivity contribution < 1.29 is 9.90 Å². The van der Waals surface area contributed by atoms with Crippen LogP contribution in [0.5, 0.6) is 0 Å². The van der Waals surface area contributed by atoms with Gasteiger partial charge < -0.3 is 10.1 Å². The SMILES string of the molecule is N#Cc1nc(NC(=O)CC2(O)CCCCC2)[nH]c1C#N. The van der Waals surface area contributed by atoms with Crippen LogP contribution in [0.1, 0.15) is 49.9 Å². The molecule has 1 aromatic heterocycles. The summed E-state index contributed by atoms with van der Waals surface area (Å²) in [7, 11) is 0. The van der Waals surface area contributed by atoms with Crippen LogP contribution in [0.3, 0.4) is 0 Å². The smallest absolute Gasteiger partial charge is 0.229 e. The molecule has 0 bridgehead atoms. The second-order valence-corrected chi connectivity index (χ2v) is 5.04. The van der Waals surface area contributed by atoms with E-state index in [2.05, 4.69) is 15.3 Å². The molecule has 104 valence electrons. The molecule has 3 N–H and O–H groups in total. The zero-order valence-corrected chi connectivity index (χ0v) is 10.9. The van der Waals surface area contributed by atoms with Crippen LogP contribution in [0.4, 0.5) is 5.95 Å². The molecule has 1 aromatic rings. The highest BCUT2D eigenvalue weighted by molar-refractivity contribution is 5.89. The second-order valence-electron chi connectivity index (χ2n) is 5.04. The first-order valence-electron chi connectivity index (χ1n) is 6.49. The van der Waals surface area contributed by atoms with E-state index in [-0.39, 0.29) is 29.7 Å². The molecular formula is C13H15N5O2. The molecule has 0 aromatic carbocycles. The lowest BCUT2D eigenvalue weighted by atomic mass is 9.82. The number of imidazole rings is 1. The van der Waals surface area contributed by atoms with Gasteiger partial charge in [-0.1, -0.05) is 19.3 Å². The number of hydrogen-bond acceptors (Lipinski definition) is 5. The van der Waals surface area contributed by atoms with Crippen LogP contribution in [0.25, 0.3) is 0 Å². The highest BCUT2D eigenvalue weighted by atomic mass is 16.3. The maximum Gasteiger partial charge on any atom is 0.229 e. The summed E-state index contributed by atoms with van der Waals surface area (Å²) in [6.07, 6.45) is 4.15. The van der Waals surface area contributed by atoms with Crippen LogP contribution >= 0.6 is 0 Å². The largest absolute Gasteiger partial charge is 0.389 e. The van der Waals surface area contributed by atoms with Gasteiger partial charge in [0, 0.05) is 0 Å². The lowest BCUT2D eigenvalue weighted by molar-refractivity contribution is -0.122. The summed E-state index contributed by atoms with van der Waals surface area (Å²) >= 11 is 0. The van der Waals surface area contributed by atoms with Crippen molar-refractivity contribution in [1.82, 2.24) is 9.97 Å². The lowest BCUT2D eigenvalue weighted by Gasteiger charge is -2.31. The Morgan fingerprint density at radius 3 is 2.60 bits per heavy atom. The van der Waals surface area contributed by atoms with Gasteiger partial charge in [-0.2, -0.15) is 10.5 Å². The second kappa shape index (κ2) is 5.72. The van der Waals surface area contributed by atoms with Crippen molar-refractivity contribution in [3.05, 3.63) is 11.4 Å². The number of carbonyl (C=O) groups is 1. The third-order valence-corrected chi connectivity index (χ3v) is 3.45. The molecule has 1 amide bonds. The average Bonchev–Trinajstić information content (AvgIpc) is 2.80. The van der Waals surface area contributed by atoms with Crippen LogP contribution in [-0.4, -0.2) is 26.6 Å². The molecule has 0 spiro atoms. The van der Waals surface area contributed by atoms with E-state index in [1.807, 2.05) is 0 Å². The third-order valence-electron chi connectivity index (χ3n) is 3.45. The Labute approximate surface area is 116 Å². The molecule has 7 nitrogen and oxygen atoms in total. The highest BCUT2D eigenvalue weighted by Crippen LogP contribution is 2.30. The summed E-state index contributed by atoms with van der Waals surface area (Å²) in [5.74, 6) is -0.320. The predicted octanol–water partition coefficient (Wildman–Crippen LogP) is 1.18. The van der Waals surface area contributed by atoms with Crippen molar-refractivity contribution in [3.8, 4) is 12.1 Å². The molecule has 0 saturated heterocycles. The number of aromatic amines is 1. The topological polar surface area (TPSA) is 126 Å². The van der Waals surface area contributed by atoms with Gasteiger partial charge in [0.25, 0.3) is 0 Å². The van der Waals surface area contributed by atoms with Crippen LogP contribution in [0, 0.1) is 22.7 Å². The van der Waals surface area contributed by atoms with Crippen molar-refractivity contribution >= 4 is 11.9 Å². The zero-order chi connectivity index (χ0) is 14.6. The normalized spacial score (nSPS) is 16.9. The Morgan fingerprint density at radius 2 is 2.05 bits per heavy atom. The molecule has 0 unspecified atom stereocenters. The van der Waals surface area contributed by atoms with E-state index in [9.17, 15) is 9.90 Å². The number of carbonyl (C=O) groups excluding carboxylic acids is 1. The van der Waals surface area contributed by atoms with Gasteiger partial charge >= 0.3 is 0 Å². The summed E-state index contributed by atoms with van der Waals surface area (Å²) in [5, 5.41) is 30.3. The summed E-state index contributed by atoms with van der Waals surface area (Å²) in [4.78, 5) is 18.2. The van der Waals surface area contributed by atoms with Gasteiger partial charge in [-0.3, -0.25) is 10.1 Å². The number of aliphatic hydroxyl groups is 1. The summed E-state index contributed by atoms with van der Waals surface area (Å²) < 4.78 is 0. The van der Waals surface area contributed by atoms with E-state index in [4.69, 9.17) is 10.5 Å². The Morgan fingerprint density at radius 1 is 1.35 bits per heavy atom. The number of nitrogens with zero attached hydrogens (tertiary/aromatic N) is 3. The number of anilines is 1. The number of H-pyrrole nitrogens is 1. The highest BCUT2D eigenvalue weighted by Gasteiger charge is 2.31. The van der Waals surface area contributed by atoms with E-state index < -0.39 is 5.60 Å². The van der Waals surface area contributed by atoms with E-state index >= 15 is 0 Å². The van der Waals surface area contributed by atoms with Crippen molar-refractivity contribution in [2.45, 2.75) is 44.1 Å². The van der Waals surface area contributed by atoms with Crippen molar-refractivity contribution in [1.29, 1.82) is 10.5 Å². The maximum absolute atomic E-state index is 11.9. The molecule has 1 aliphatic carbocycles. The van der Waals surface area contributed by atoms with Crippen LogP contribution in [0.2, 0.25) is 0 Å². The van der Waals surface area contributed by atoms with Gasteiger partial charge in [0.15, 0.2) is 11.4 Å². The fourth-order valence-corrected chi connectivity index (χ4v) is 2.46. The predicted molar refractivity (Wildman–Crippen MR) is 69.3 cm³/mol. The Balaban J connectivity index is 2.00. The van der Waals surface area contributed by atoms with Crippen LogP contribution < -0.4 is 5.32 Å². The fourth-order valence-electron chi connectivity index (χ4n) is 2.46. The standard InChI is InChI=1S/C13H15N5O2/c14-7-9-10(8-15)17-12(16-9)18-11(19)6-13(20)4-2-1-3-5-13/h20H,1-6H2,(H2,16,17,18,19). The first-order chi connectivity index (χ1) is 9.56. The summed E-state index contributed by atoms with van der Waals surface area (Å²) in [6, 6.07) is 3.55. The number of hydrogen-bond donors (Lipinski definition) is 3. The number of nitrogens with one attached hydrogen (secondary N) is 2. The third kappa shape index (κ3) is 3.14. The van der Waals surface area contributed by atoms with E-state index in [0.29, 0.717) is 12.8 Å². The quantitative estimate of drug-likeness (QED) is 0.762. The molecule has 1 aliphatic rings. The van der Waals surface area contributed by atoms with Gasteiger partial charge in [-0.05, 0) is 12.8 Å². The first-order valence-corrected chi connectivity index (χ1v) is 6.49. The van der Waals surface area contributed by atoms with Gasteiger partial charge in [-0.25, -0.2) is 4.98 Å². The molecule has 1 saturated carbocycles. The Hall–Kier alpha value is -2.38. The number of nitriles is 2. The van der Waals surface area contributed by atoms with E-state index in [1.54, 1.807) is 12.1 Å². The van der Waals surface area contributed by atoms with Gasteiger partial charge in [-0.15, -0.1) is 0 Å². The Bertz CT molecular complexity index is 555. The fraction of sp³-hybridized carbons (Fsp3) is 0.538. The average molecular weight is 273 g/mol. The zero-order valence-electron chi connectivity index (χ0n) is 10.9. The van der Waals surface area contributed by atoms with Crippen LogP contribution in [-0.2, 0) is 4.79 Å². The molecule has 2 rings (SSSR count). The van der Waals surface area contributed by atoms with Crippen LogP contribution in [0.15, 0.2) is 0 Å². The molecule has 0 aliphatic heterocycles. The molecule has 0 radical (unpaired) electrons. The monoisotopic (exact) mass is 273 g/mol. The molecule has 1 fully saturated rings. The maximum atomic E-state index is 11.9. The first kappa shape index (κ1) is 14.0. The summed E-state index contributed by atoms with van der Waals surface area (Å²) in [5.41, 5.74) is -0.997. The van der Waals surface area contributed by atoms with E-state index in [1.165, 1.54) is 0 Å². The number of amides is 1. The minimum absolute atomic E-state index is 0.00251. The Kier molecular flexibility index (Phi) is 4.02. The van der Waals surface area contributed by atoms with Gasteiger partial charge in [0.1, 0.15) is 12.1 Å². The molecule has 20 heavy (non-hydrogen) atoms. The molecule has 7 heteroatoms. The van der Waals surface area contributed by atoms with Gasteiger partial charge in [0.05, 0.1) is 12.0 Å². The molecule has 1 heterocycles. The van der Waals surface area contributed by atoms with E-state index in [0.717, 1.165) is 19.3 Å². The summed E-state index contributed by atoms with van der Waals surface area (Å²) in [6.45, 7) is 0. The van der Waals surface area contributed by atoms with Crippen molar-refractivity contribution in [2.75, 3.05) is 5.32 Å². The lowest BCUT2D eigenvalue weighted by Crippen LogP contribution is -2.36. The van der Waals surface area contributed by atoms with Crippen molar-refractivity contribution in [2.24, 2.45) is 0 Å². The molecular weight excluding hydrogens is 258 g/mol. The molecule has 0 atom stereocenters. The van der Waals surface area contributed by atoms with Crippen molar-refractivity contribution in [3.63, 3.8) is 0 Å². The van der Waals surface area contributed by atoms with Gasteiger partial charge in [0.2, 0.25) is 11.9 Å². The number of aromatic nitrogens is 2. The minimum Gasteiger partial charge on any atom is -0.389 e. The minimum atomic E-state index is -0.953. The number of rotatable bonds is 3.